The van der Waals surface area contributed by atoms with E-state index in [-0.39, 0.29) is 5.41 Å². The summed E-state index contributed by atoms with van der Waals surface area (Å²) in [6, 6.07) is 17.5. The quantitative estimate of drug-likeness (QED) is 0.640. The maximum absolute atomic E-state index is 6.45. The molecule has 3 heteroatoms. The SMILES string of the molecule is CCOCC1(CO[SiH2]C(C)(C)CC)c2ccccc2-c2ccccc21. The van der Waals surface area contributed by atoms with Crippen molar-refractivity contribution in [2.24, 2.45) is 0 Å². The summed E-state index contributed by atoms with van der Waals surface area (Å²) >= 11 is 0. The molecule has 0 heterocycles. The summed E-state index contributed by atoms with van der Waals surface area (Å²) in [7, 11) is -0.611. The molecule has 0 atom stereocenters. The Kier molecular flexibility index (Phi) is 5.47. The highest BCUT2D eigenvalue weighted by Gasteiger charge is 2.43. The molecule has 0 spiro atoms. The lowest BCUT2D eigenvalue weighted by atomic mass is 9.79. The standard InChI is InChI=1S/C22H30O2Si/c1-5-21(3,4)25-24-16-22(15-23-6-2)19-13-9-7-11-17(19)18-12-8-10-14-20(18)22/h7-14H,5-6,15-16,25H2,1-4H3. The fourth-order valence-corrected chi connectivity index (χ4v) is 4.86. The van der Waals surface area contributed by atoms with Crippen LogP contribution in [0.3, 0.4) is 0 Å². The molecule has 2 aromatic rings. The van der Waals surface area contributed by atoms with Gasteiger partial charge in [-0.05, 0) is 34.2 Å². The van der Waals surface area contributed by atoms with E-state index in [0.717, 1.165) is 13.2 Å². The van der Waals surface area contributed by atoms with Crippen LogP contribution in [0.15, 0.2) is 48.5 Å². The summed E-state index contributed by atoms with van der Waals surface area (Å²) in [5, 5.41) is 0.338. The minimum Gasteiger partial charge on any atom is -0.422 e. The molecule has 0 bridgehead atoms. The van der Waals surface area contributed by atoms with Crippen molar-refractivity contribution in [3.63, 3.8) is 0 Å². The Labute approximate surface area is 154 Å². The lowest BCUT2D eigenvalue weighted by Crippen LogP contribution is -2.38. The molecular weight excluding hydrogens is 324 g/mol. The van der Waals surface area contributed by atoms with Crippen LogP contribution >= 0.6 is 0 Å². The van der Waals surface area contributed by atoms with Crippen molar-refractivity contribution in [3.8, 4) is 11.1 Å². The van der Waals surface area contributed by atoms with Gasteiger partial charge in [0, 0.05) is 13.2 Å². The average Bonchev–Trinajstić information content (AvgIpc) is 2.91. The molecule has 25 heavy (non-hydrogen) atoms. The molecule has 1 aliphatic rings. The fourth-order valence-electron chi connectivity index (χ4n) is 3.65. The second kappa shape index (κ2) is 7.44. The van der Waals surface area contributed by atoms with E-state index in [4.69, 9.17) is 9.16 Å². The highest BCUT2D eigenvalue weighted by molar-refractivity contribution is 6.31. The number of benzene rings is 2. The van der Waals surface area contributed by atoms with Crippen molar-refractivity contribution >= 4 is 9.76 Å². The van der Waals surface area contributed by atoms with Crippen LogP contribution in [-0.4, -0.2) is 29.6 Å². The van der Waals surface area contributed by atoms with Gasteiger partial charge in [-0.1, -0.05) is 75.7 Å². The third-order valence-corrected chi connectivity index (χ3v) is 7.22. The second-order valence-electron chi connectivity index (χ2n) is 7.82. The van der Waals surface area contributed by atoms with Crippen LogP contribution in [0, 0.1) is 0 Å². The fraction of sp³-hybridized carbons (Fsp3) is 0.455. The van der Waals surface area contributed by atoms with Gasteiger partial charge in [0.25, 0.3) is 0 Å². The minimum atomic E-state index is -0.611. The van der Waals surface area contributed by atoms with Crippen LogP contribution in [0.5, 0.6) is 0 Å². The normalized spacial score (nSPS) is 15.5. The first-order valence-electron chi connectivity index (χ1n) is 9.39. The minimum absolute atomic E-state index is 0.181. The van der Waals surface area contributed by atoms with E-state index in [1.54, 1.807) is 0 Å². The molecule has 0 fully saturated rings. The predicted octanol–water partition coefficient (Wildman–Crippen LogP) is 4.70. The lowest BCUT2D eigenvalue weighted by molar-refractivity contribution is 0.0837. The Morgan fingerprint density at radius 2 is 1.44 bits per heavy atom. The third kappa shape index (κ3) is 3.46. The molecule has 134 valence electrons. The lowest BCUT2D eigenvalue weighted by Gasteiger charge is -2.33. The Bertz CT molecular complexity index is 678. The van der Waals surface area contributed by atoms with Crippen LogP contribution in [-0.2, 0) is 14.6 Å². The zero-order valence-corrected chi connectivity index (χ0v) is 17.4. The molecule has 0 saturated carbocycles. The number of rotatable bonds is 8. The van der Waals surface area contributed by atoms with E-state index < -0.39 is 9.76 Å². The van der Waals surface area contributed by atoms with Gasteiger partial charge in [0.1, 0.15) is 0 Å². The zero-order chi connectivity index (χ0) is 17.9. The number of fused-ring (bicyclic) bond motifs is 3. The van der Waals surface area contributed by atoms with E-state index in [1.807, 2.05) is 0 Å². The molecule has 0 aliphatic heterocycles. The maximum atomic E-state index is 6.45. The Morgan fingerprint density at radius 1 is 0.880 bits per heavy atom. The summed E-state index contributed by atoms with van der Waals surface area (Å²) in [6.07, 6.45) is 1.17. The maximum Gasteiger partial charge on any atom is 0.167 e. The molecule has 0 N–H and O–H groups in total. The van der Waals surface area contributed by atoms with Gasteiger partial charge in [-0.15, -0.1) is 0 Å². The van der Waals surface area contributed by atoms with Gasteiger partial charge < -0.3 is 9.16 Å². The van der Waals surface area contributed by atoms with Gasteiger partial charge in [-0.25, -0.2) is 0 Å². The van der Waals surface area contributed by atoms with E-state index >= 15 is 0 Å². The van der Waals surface area contributed by atoms with Gasteiger partial charge in [0.15, 0.2) is 9.76 Å². The van der Waals surface area contributed by atoms with Crippen LogP contribution in [0.25, 0.3) is 11.1 Å². The van der Waals surface area contributed by atoms with E-state index in [2.05, 4.69) is 76.2 Å². The molecule has 3 rings (SSSR count). The Hall–Kier alpha value is -1.42. The first kappa shape index (κ1) is 18.4. The predicted molar refractivity (Wildman–Crippen MR) is 108 cm³/mol. The van der Waals surface area contributed by atoms with Crippen molar-refractivity contribution in [2.45, 2.75) is 44.6 Å². The topological polar surface area (TPSA) is 18.5 Å². The highest BCUT2D eigenvalue weighted by Crippen LogP contribution is 2.49. The summed E-state index contributed by atoms with van der Waals surface area (Å²) in [5.41, 5.74) is 5.19. The van der Waals surface area contributed by atoms with E-state index in [9.17, 15) is 0 Å². The van der Waals surface area contributed by atoms with Crippen molar-refractivity contribution in [3.05, 3.63) is 59.7 Å². The largest absolute Gasteiger partial charge is 0.422 e. The summed E-state index contributed by atoms with van der Waals surface area (Å²) in [6.45, 7) is 11.1. The average molecular weight is 355 g/mol. The first-order valence-corrected chi connectivity index (χ1v) is 10.7. The third-order valence-electron chi connectivity index (χ3n) is 5.53. The van der Waals surface area contributed by atoms with E-state index in [0.29, 0.717) is 11.6 Å². The monoisotopic (exact) mass is 354 g/mol. The molecule has 0 unspecified atom stereocenters. The Balaban J connectivity index is 1.99. The zero-order valence-electron chi connectivity index (χ0n) is 16.0. The highest BCUT2D eigenvalue weighted by atomic mass is 28.2. The smallest absolute Gasteiger partial charge is 0.167 e. The summed E-state index contributed by atoms with van der Waals surface area (Å²) in [5.74, 6) is 0. The molecule has 0 radical (unpaired) electrons. The first-order chi connectivity index (χ1) is 12.0. The van der Waals surface area contributed by atoms with Crippen molar-refractivity contribution < 1.29 is 9.16 Å². The summed E-state index contributed by atoms with van der Waals surface area (Å²) < 4.78 is 12.4. The van der Waals surface area contributed by atoms with Gasteiger partial charge in [0.2, 0.25) is 0 Å². The van der Waals surface area contributed by atoms with E-state index in [1.165, 1.54) is 28.7 Å². The number of ether oxygens (including phenoxy) is 1. The number of hydrogen-bond acceptors (Lipinski definition) is 2. The Morgan fingerprint density at radius 3 is 1.96 bits per heavy atom. The van der Waals surface area contributed by atoms with Gasteiger partial charge in [-0.3, -0.25) is 0 Å². The van der Waals surface area contributed by atoms with Crippen LogP contribution in [0.4, 0.5) is 0 Å². The van der Waals surface area contributed by atoms with Gasteiger partial charge >= 0.3 is 0 Å². The molecule has 1 aliphatic carbocycles. The van der Waals surface area contributed by atoms with Crippen molar-refractivity contribution in [1.29, 1.82) is 0 Å². The molecule has 0 saturated heterocycles. The summed E-state index contributed by atoms with van der Waals surface area (Å²) in [4.78, 5) is 0. The van der Waals surface area contributed by atoms with Gasteiger partial charge in [-0.2, -0.15) is 0 Å². The molecular formula is C22H30O2Si. The van der Waals surface area contributed by atoms with Crippen molar-refractivity contribution in [1.82, 2.24) is 0 Å². The molecule has 2 nitrogen and oxygen atoms in total. The number of hydrogen-bond donors (Lipinski definition) is 0. The van der Waals surface area contributed by atoms with Gasteiger partial charge in [0.05, 0.1) is 12.0 Å². The van der Waals surface area contributed by atoms with Crippen LogP contribution in [0.1, 0.15) is 45.2 Å². The molecule has 2 aromatic carbocycles. The van der Waals surface area contributed by atoms with Crippen LogP contribution in [0.2, 0.25) is 5.04 Å². The van der Waals surface area contributed by atoms with Crippen LogP contribution < -0.4 is 0 Å². The van der Waals surface area contributed by atoms with Crippen molar-refractivity contribution in [2.75, 3.05) is 19.8 Å². The molecule has 0 amide bonds. The molecule has 0 aromatic heterocycles. The second-order valence-corrected chi connectivity index (χ2v) is 10.4.